The molecule has 0 spiro atoms. The highest BCUT2D eigenvalue weighted by atomic mass is 32.2. The predicted octanol–water partition coefficient (Wildman–Crippen LogP) is 4.40. The van der Waals surface area contributed by atoms with Crippen molar-refractivity contribution in [2.45, 2.75) is 30.7 Å². The second-order valence-electron chi connectivity index (χ2n) is 8.90. The van der Waals surface area contributed by atoms with E-state index in [1.165, 1.54) is 15.2 Å². The first-order valence-corrected chi connectivity index (χ1v) is 13.3. The van der Waals surface area contributed by atoms with Crippen LogP contribution in [0.5, 0.6) is 0 Å². The van der Waals surface area contributed by atoms with Crippen molar-refractivity contribution in [1.29, 1.82) is 0 Å². The number of aryl methyl sites for hydroxylation is 1. The van der Waals surface area contributed by atoms with Crippen LogP contribution in [0.1, 0.15) is 19.3 Å². The van der Waals surface area contributed by atoms with Gasteiger partial charge in [0.1, 0.15) is 0 Å². The molecule has 5 rings (SSSR count). The predicted molar refractivity (Wildman–Crippen MR) is 135 cm³/mol. The molecule has 1 fully saturated rings. The number of carbonyl (C=O) groups excluding carboxylic acids is 1. The molecule has 34 heavy (non-hydrogen) atoms. The van der Waals surface area contributed by atoms with Crippen molar-refractivity contribution in [3.05, 3.63) is 79.0 Å². The summed E-state index contributed by atoms with van der Waals surface area (Å²) in [6.45, 7) is 2.18. The van der Waals surface area contributed by atoms with Gasteiger partial charge < -0.3 is 9.88 Å². The lowest BCUT2D eigenvalue weighted by atomic mass is 9.97. The molecule has 0 aliphatic carbocycles. The summed E-state index contributed by atoms with van der Waals surface area (Å²) in [7, 11) is -3.57. The van der Waals surface area contributed by atoms with E-state index < -0.39 is 10.0 Å². The number of piperidine rings is 1. The molecule has 2 heterocycles. The van der Waals surface area contributed by atoms with Crippen molar-refractivity contribution in [3.63, 3.8) is 0 Å². The van der Waals surface area contributed by atoms with Crippen LogP contribution in [-0.2, 0) is 21.4 Å². The Bertz CT molecular complexity index is 1420. The third-order valence-electron chi connectivity index (χ3n) is 6.74. The van der Waals surface area contributed by atoms with Gasteiger partial charge in [-0.2, -0.15) is 4.31 Å². The monoisotopic (exact) mass is 475 g/mol. The number of para-hydroxylation sites is 1. The maximum Gasteiger partial charge on any atom is 0.243 e. The molecule has 1 saturated heterocycles. The largest absolute Gasteiger partial charge is 0.356 e. The Balaban J connectivity index is 1.12. The number of amides is 1. The van der Waals surface area contributed by atoms with Gasteiger partial charge in [-0.25, -0.2) is 8.42 Å². The second-order valence-corrected chi connectivity index (χ2v) is 10.8. The van der Waals surface area contributed by atoms with Gasteiger partial charge in [0.05, 0.1) is 4.90 Å². The van der Waals surface area contributed by atoms with E-state index in [9.17, 15) is 13.2 Å². The zero-order valence-corrected chi connectivity index (χ0v) is 19.9. The molecule has 0 atom stereocenters. The van der Waals surface area contributed by atoms with Crippen LogP contribution in [-0.4, -0.2) is 42.8 Å². The highest BCUT2D eigenvalue weighted by molar-refractivity contribution is 7.89. The number of hydrogen-bond donors (Lipinski definition) is 1. The molecule has 0 radical (unpaired) electrons. The van der Waals surface area contributed by atoms with Crippen LogP contribution in [0.15, 0.2) is 83.9 Å². The van der Waals surface area contributed by atoms with Crippen LogP contribution in [0.4, 0.5) is 0 Å². The molecule has 6 nitrogen and oxygen atoms in total. The SMILES string of the molecule is O=C(NCCCn1ccc2ccccc21)C1CCN(S(=O)(=O)c2ccc3ccccc3c2)CC1. The Morgan fingerprint density at radius 2 is 1.59 bits per heavy atom. The summed E-state index contributed by atoms with van der Waals surface area (Å²) in [5.41, 5.74) is 1.20. The molecule has 1 amide bonds. The van der Waals surface area contributed by atoms with Gasteiger partial charge in [0.15, 0.2) is 0 Å². The number of benzene rings is 3. The van der Waals surface area contributed by atoms with Crippen molar-refractivity contribution in [2.75, 3.05) is 19.6 Å². The Kier molecular flexibility index (Phi) is 6.39. The van der Waals surface area contributed by atoms with Gasteiger partial charge in [-0.3, -0.25) is 4.79 Å². The van der Waals surface area contributed by atoms with Crippen LogP contribution in [0, 0.1) is 5.92 Å². The zero-order valence-electron chi connectivity index (χ0n) is 19.1. The number of rotatable bonds is 7. The third-order valence-corrected chi connectivity index (χ3v) is 8.63. The van der Waals surface area contributed by atoms with E-state index in [0.29, 0.717) is 37.4 Å². The molecule has 3 aromatic carbocycles. The topological polar surface area (TPSA) is 71.4 Å². The molecule has 1 aromatic heterocycles. The minimum Gasteiger partial charge on any atom is -0.356 e. The van der Waals surface area contributed by atoms with Crippen LogP contribution in [0.25, 0.3) is 21.7 Å². The molecule has 0 saturated carbocycles. The third kappa shape index (κ3) is 4.58. The lowest BCUT2D eigenvalue weighted by Gasteiger charge is -2.30. The Hall–Kier alpha value is -3.16. The minimum absolute atomic E-state index is 0.0279. The average Bonchev–Trinajstić information content (AvgIpc) is 3.29. The van der Waals surface area contributed by atoms with E-state index >= 15 is 0 Å². The number of carbonyl (C=O) groups is 1. The summed E-state index contributed by atoms with van der Waals surface area (Å²) < 4.78 is 30.0. The first-order chi connectivity index (χ1) is 16.5. The lowest BCUT2D eigenvalue weighted by Crippen LogP contribution is -2.43. The molecule has 1 N–H and O–H groups in total. The molecular formula is C27H29N3O3S. The second kappa shape index (κ2) is 9.60. The van der Waals surface area contributed by atoms with E-state index in [-0.39, 0.29) is 11.8 Å². The van der Waals surface area contributed by atoms with E-state index in [1.807, 2.05) is 42.5 Å². The molecule has 0 bridgehead atoms. The Labute approximate surface area is 200 Å². The van der Waals surface area contributed by atoms with Gasteiger partial charge in [0, 0.05) is 43.8 Å². The van der Waals surface area contributed by atoms with Crippen molar-refractivity contribution in [2.24, 2.45) is 5.92 Å². The summed E-state index contributed by atoms with van der Waals surface area (Å²) in [5.74, 6) is -0.115. The van der Waals surface area contributed by atoms with Crippen LogP contribution in [0.2, 0.25) is 0 Å². The summed E-state index contributed by atoms with van der Waals surface area (Å²) in [6.07, 6.45) is 4.01. The van der Waals surface area contributed by atoms with Crippen molar-refractivity contribution < 1.29 is 13.2 Å². The maximum absolute atomic E-state index is 13.1. The molecule has 176 valence electrons. The van der Waals surface area contributed by atoms with E-state index in [1.54, 1.807) is 12.1 Å². The van der Waals surface area contributed by atoms with Crippen LogP contribution in [0.3, 0.4) is 0 Å². The highest BCUT2D eigenvalue weighted by Gasteiger charge is 2.32. The first kappa shape index (κ1) is 22.6. The lowest BCUT2D eigenvalue weighted by molar-refractivity contribution is -0.126. The van der Waals surface area contributed by atoms with Gasteiger partial charge in [0.25, 0.3) is 0 Å². The van der Waals surface area contributed by atoms with Crippen molar-refractivity contribution >= 4 is 37.6 Å². The molecule has 4 aromatic rings. The van der Waals surface area contributed by atoms with Gasteiger partial charge in [-0.15, -0.1) is 0 Å². The average molecular weight is 476 g/mol. The molecule has 1 aliphatic rings. The van der Waals surface area contributed by atoms with E-state index in [2.05, 4.69) is 34.3 Å². The molecule has 1 aliphatic heterocycles. The Morgan fingerprint density at radius 3 is 2.38 bits per heavy atom. The normalized spacial score (nSPS) is 15.6. The smallest absolute Gasteiger partial charge is 0.243 e. The number of nitrogens with one attached hydrogen (secondary N) is 1. The van der Waals surface area contributed by atoms with E-state index in [0.717, 1.165) is 23.7 Å². The summed E-state index contributed by atoms with van der Waals surface area (Å²) in [6, 6.07) is 23.4. The maximum atomic E-state index is 13.1. The number of fused-ring (bicyclic) bond motifs is 2. The fraction of sp³-hybridized carbons (Fsp3) is 0.296. The van der Waals surface area contributed by atoms with Crippen molar-refractivity contribution in [1.82, 2.24) is 14.2 Å². The summed E-state index contributed by atoms with van der Waals surface area (Å²) in [5, 5.41) is 6.19. The number of nitrogens with zero attached hydrogens (tertiary/aromatic N) is 2. The summed E-state index contributed by atoms with van der Waals surface area (Å²) in [4.78, 5) is 13.0. The van der Waals surface area contributed by atoms with Crippen LogP contribution < -0.4 is 5.32 Å². The fourth-order valence-electron chi connectivity index (χ4n) is 4.78. The molecule has 0 unspecified atom stereocenters. The molecular weight excluding hydrogens is 446 g/mol. The fourth-order valence-corrected chi connectivity index (χ4v) is 6.28. The number of hydrogen-bond acceptors (Lipinski definition) is 3. The van der Waals surface area contributed by atoms with Gasteiger partial charge >= 0.3 is 0 Å². The number of sulfonamides is 1. The minimum atomic E-state index is -3.57. The summed E-state index contributed by atoms with van der Waals surface area (Å²) >= 11 is 0. The standard InChI is InChI=1S/C27H29N3O3S/c31-27(28-15-5-16-29-17-12-22-7-3-4-9-26(22)29)23-13-18-30(19-14-23)34(32,33)25-11-10-21-6-1-2-8-24(21)20-25/h1-4,6-12,17,20,23H,5,13-16,18-19H2,(H,28,31). The van der Waals surface area contributed by atoms with Gasteiger partial charge in [-0.05, 0) is 59.7 Å². The van der Waals surface area contributed by atoms with Crippen LogP contribution >= 0.6 is 0 Å². The van der Waals surface area contributed by atoms with E-state index in [4.69, 9.17) is 0 Å². The quantitative estimate of drug-likeness (QED) is 0.403. The Morgan fingerprint density at radius 1 is 0.882 bits per heavy atom. The molecule has 7 heteroatoms. The highest BCUT2D eigenvalue weighted by Crippen LogP contribution is 2.26. The van der Waals surface area contributed by atoms with Gasteiger partial charge in [-0.1, -0.05) is 48.5 Å². The van der Waals surface area contributed by atoms with Gasteiger partial charge in [0.2, 0.25) is 15.9 Å². The number of aromatic nitrogens is 1. The van der Waals surface area contributed by atoms with Crippen molar-refractivity contribution in [3.8, 4) is 0 Å². The first-order valence-electron chi connectivity index (χ1n) is 11.8. The zero-order chi connectivity index (χ0) is 23.5.